The third-order valence-electron chi connectivity index (χ3n) is 5.57. The maximum absolute atomic E-state index is 14.4. The second-order valence-corrected chi connectivity index (χ2v) is 10.4. The first-order valence-corrected chi connectivity index (χ1v) is 12.6. The minimum atomic E-state index is -4.93. The standard InChI is InChI=1S/C23H20F4N4O5S/c1-12-17(19(32)28-13-5-4-6-14(11-13)37(3,33)34)21(31-30-18(12)23(25,26)27)36-15-7-8-16(22(24)9-10-22)29-20(15)35-2/h4-8,11H,9-10H2,1-3H3,(H,28,32). The topological polar surface area (TPSA) is 120 Å². The molecule has 0 spiro atoms. The number of ether oxygens (including phenoxy) is 2. The number of nitrogens with zero attached hydrogens (tertiary/aromatic N) is 3. The van der Waals surface area contributed by atoms with Gasteiger partial charge in [0, 0.05) is 11.9 Å². The predicted molar refractivity (Wildman–Crippen MR) is 122 cm³/mol. The highest BCUT2D eigenvalue weighted by Gasteiger charge is 2.47. The highest BCUT2D eigenvalue weighted by atomic mass is 32.2. The van der Waals surface area contributed by atoms with E-state index in [0.717, 1.165) is 19.2 Å². The van der Waals surface area contributed by atoms with Crippen LogP contribution in [0, 0.1) is 6.92 Å². The van der Waals surface area contributed by atoms with Crippen molar-refractivity contribution in [1.29, 1.82) is 0 Å². The van der Waals surface area contributed by atoms with Crippen molar-refractivity contribution < 1.29 is 40.2 Å². The van der Waals surface area contributed by atoms with E-state index in [9.17, 15) is 30.8 Å². The molecule has 3 aromatic rings. The summed E-state index contributed by atoms with van der Waals surface area (Å²) in [6.07, 6.45) is -3.38. The molecule has 37 heavy (non-hydrogen) atoms. The zero-order chi connectivity index (χ0) is 27.2. The molecule has 4 rings (SSSR count). The van der Waals surface area contributed by atoms with Gasteiger partial charge in [-0.1, -0.05) is 6.07 Å². The first-order valence-electron chi connectivity index (χ1n) is 10.7. The molecule has 1 fully saturated rings. The normalized spacial score (nSPS) is 14.7. The van der Waals surface area contributed by atoms with Gasteiger partial charge in [0.05, 0.1) is 17.7 Å². The van der Waals surface area contributed by atoms with Gasteiger partial charge < -0.3 is 14.8 Å². The van der Waals surface area contributed by atoms with E-state index in [1.54, 1.807) is 0 Å². The first-order chi connectivity index (χ1) is 17.2. The number of anilines is 1. The summed E-state index contributed by atoms with van der Waals surface area (Å²) in [4.78, 5) is 17.1. The van der Waals surface area contributed by atoms with Gasteiger partial charge in [-0.3, -0.25) is 4.79 Å². The van der Waals surface area contributed by atoms with Crippen LogP contribution >= 0.6 is 0 Å². The molecule has 1 aliphatic carbocycles. The number of rotatable bonds is 7. The van der Waals surface area contributed by atoms with Gasteiger partial charge >= 0.3 is 6.18 Å². The van der Waals surface area contributed by atoms with Crippen LogP contribution in [-0.4, -0.2) is 42.9 Å². The number of benzene rings is 1. The van der Waals surface area contributed by atoms with Crippen LogP contribution in [0.4, 0.5) is 23.2 Å². The van der Waals surface area contributed by atoms with Crippen molar-refractivity contribution in [1.82, 2.24) is 15.2 Å². The summed E-state index contributed by atoms with van der Waals surface area (Å²) in [6.45, 7) is 1.02. The van der Waals surface area contributed by atoms with Gasteiger partial charge in [-0.25, -0.2) is 17.8 Å². The minimum absolute atomic E-state index is 0.00456. The van der Waals surface area contributed by atoms with Crippen LogP contribution < -0.4 is 14.8 Å². The molecule has 1 N–H and O–H groups in total. The maximum atomic E-state index is 14.4. The fourth-order valence-electron chi connectivity index (χ4n) is 3.48. The number of halogens is 4. The van der Waals surface area contributed by atoms with Gasteiger partial charge in [-0.15, -0.1) is 10.2 Å². The lowest BCUT2D eigenvalue weighted by molar-refractivity contribution is -0.142. The Labute approximate surface area is 208 Å². The Balaban J connectivity index is 1.75. The van der Waals surface area contributed by atoms with Crippen molar-refractivity contribution in [3.05, 3.63) is 58.9 Å². The predicted octanol–water partition coefficient (Wildman–Crippen LogP) is 4.61. The molecule has 1 amide bonds. The summed E-state index contributed by atoms with van der Waals surface area (Å²) in [7, 11) is -2.38. The van der Waals surface area contributed by atoms with Gasteiger partial charge in [0.2, 0.25) is 0 Å². The van der Waals surface area contributed by atoms with E-state index in [2.05, 4.69) is 20.5 Å². The zero-order valence-electron chi connectivity index (χ0n) is 19.7. The van der Waals surface area contributed by atoms with Crippen LogP contribution in [-0.2, 0) is 21.7 Å². The van der Waals surface area contributed by atoms with Crippen LogP contribution in [0.1, 0.15) is 40.2 Å². The fourth-order valence-corrected chi connectivity index (χ4v) is 4.14. The molecular formula is C23H20F4N4O5S. The summed E-state index contributed by atoms with van der Waals surface area (Å²) in [5, 5.41) is 9.02. The molecule has 0 unspecified atom stereocenters. The number of carbonyl (C=O) groups is 1. The molecule has 1 aliphatic rings. The lowest BCUT2D eigenvalue weighted by atomic mass is 10.1. The number of hydrogen-bond donors (Lipinski definition) is 1. The average Bonchev–Trinajstić information content (AvgIpc) is 3.56. The Hall–Kier alpha value is -3.81. The van der Waals surface area contributed by atoms with Crippen LogP contribution in [0.15, 0.2) is 41.3 Å². The molecule has 2 heterocycles. The second kappa shape index (κ2) is 9.25. The molecule has 1 aromatic carbocycles. The Kier molecular flexibility index (Phi) is 6.56. The molecular weight excluding hydrogens is 520 g/mol. The lowest BCUT2D eigenvalue weighted by Gasteiger charge is -2.17. The molecule has 9 nitrogen and oxygen atoms in total. The van der Waals surface area contributed by atoms with Gasteiger partial charge in [0.25, 0.3) is 17.7 Å². The Morgan fingerprint density at radius 3 is 2.41 bits per heavy atom. The van der Waals surface area contributed by atoms with E-state index in [4.69, 9.17) is 9.47 Å². The largest absolute Gasteiger partial charge is 0.478 e. The van der Waals surface area contributed by atoms with Crippen LogP contribution in [0.2, 0.25) is 0 Å². The molecule has 0 aliphatic heterocycles. The summed E-state index contributed by atoms with van der Waals surface area (Å²) in [5.74, 6) is -1.98. The number of nitrogens with one attached hydrogen (secondary N) is 1. The van der Waals surface area contributed by atoms with Crippen molar-refractivity contribution in [2.24, 2.45) is 0 Å². The number of methoxy groups -OCH3 is 1. The zero-order valence-corrected chi connectivity index (χ0v) is 20.5. The van der Waals surface area contributed by atoms with Crippen molar-refractivity contribution in [3.8, 4) is 17.5 Å². The minimum Gasteiger partial charge on any atom is -0.478 e. The quantitative estimate of drug-likeness (QED) is 0.432. The van der Waals surface area contributed by atoms with Crippen LogP contribution in [0.3, 0.4) is 0 Å². The average molecular weight is 540 g/mol. The molecule has 14 heteroatoms. The number of carbonyl (C=O) groups excluding carboxylic acids is 1. The monoisotopic (exact) mass is 540 g/mol. The van der Waals surface area contributed by atoms with E-state index in [0.29, 0.717) is 0 Å². The van der Waals surface area contributed by atoms with Gasteiger partial charge in [0.15, 0.2) is 26.9 Å². The smallest absolute Gasteiger partial charge is 0.435 e. The molecule has 0 bridgehead atoms. The Bertz CT molecular complexity index is 1490. The second-order valence-electron chi connectivity index (χ2n) is 8.38. The van der Waals surface area contributed by atoms with E-state index >= 15 is 0 Å². The lowest BCUT2D eigenvalue weighted by Crippen LogP contribution is -2.21. The number of amides is 1. The Morgan fingerprint density at radius 2 is 1.81 bits per heavy atom. The highest BCUT2D eigenvalue weighted by Crippen LogP contribution is 2.50. The van der Waals surface area contributed by atoms with Gasteiger partial charge in [0.1, 0.15) is 5.56 Å². The van der Waals surface area contributed by atoms with E-state index in [1.165, 1.54) is 37.4 Å². The SMILES string of the molecule is COc1nc(C2(F)CC2)ccc1Oc1nnc(C(F)(F)F)c(C)c1C(=O)Nc1cccc(S(C)(=O)=O)c1. The number of alkyl halides is 4. The van der Waals surface area contributed by atoms with E-state index in [-0.39, 0.29) is 40.7 Å². The van der Waals surface area contributed by atoms with Gasteiger partial charge in [-0.2, -0.15) is 13.2 Å². The molecule has 196 valence electrons. The highest BCUT2D eigenvalue weighted by molar-refractivity contribution is 7.90. The van der Waals surface area contributed by atoms with Crippen molar-refractivity contribution in [3.63, 3.8) is 0 Å². The fraction of sp³-hybridized carbons (Fsp3) is 0.304. The van der Waals surface area contributed by atoms with Crippen molar-refractivity contribution in [2.45, 2.75) is 36.5 Å². The van der Waals surface area contributed by atoms with Crippen molar-refractivity contribution >= 4 is 21.4 Å². The Morgan fingerprint density at radius 1 is 1.11 bits per heavy atom. The van der Waals surface area contributed by atoms with Crippen LogP contribution in [0.25, 0.3) is 0 Å². The molecule has 1 saturated carbocycles. The number of aromatic nitrogens is 3. The molecule has 0 saturated heterocycles. The summed E-state index contributed by atoms with van der Waals surface area (Å²) in [6, 6.07) is 7.81. The summed E-state index contributed by atoms with van der Waals surface area (Å²) < 4.78 is 89.4. The van der Waals surface area contributed by atoms with Gasteiger partial charge in [-0.05, 0) is 55.7 Å². The first kappa shape index (κ1) is 26.3. The van der Waals surface area contributed by atoms with Crippen LogP contribution in [0.5, 0.6) is 17.5 Å². The number of pyridine rings is 1. The third-order valence-corrected chi connectivity index (χ3v) is 6.68. The van der Waals surface area contributed by atoms with Crippen molar-refractivity contribution in [2.75, 3.05) is 18.7 Å². The number of sulfone groups is 1. The molecule has 0 atom stereocenters. The number of hydrogen-bond acceptors (Lipinski definition) is 8. The molecule has 0 radical (unpaired) electrons. The van der Waals surface area contributed by atoms with E-state index < -0.39 is 50.3 Å². The summed E-state index contributed by atoms with van der Waals surface area (Å²) >= 11 is 0. The van der Waals surface area contributed by atoms with E-state index in [1.807, 2.05) is 0 Å². The summed E-state index contributed by atoms with van der Waals surface area (Å²) in [5.41, 5.74) is -4.08. The molecule has 2 aromatic heterocycles. The maximum Gasteiger partial charge on any atom is 0.435 e. The third kappa shape index (κ3) is 5.48.